The SMILES string of the molecule is CC(C)C(NC(=O)C(Cc1ccccc1)NC(=O)C(N)CC(=O)O)C(=O)NC(CCCCN)C(=O)O. The first-order valence-corrected chi connectivity index (χ1v) is 11.8. The van der Waals surface area contributed by atoms with Gasteiger partial charge in [0, 0.05) is 6.42 Å². The maximum Gasteiger partial charge on any atom is 0.326 e. The molecule has 0 spiro atoms. The van der Waals surface area contributed by atoms with E-state index in [1.54, 1.807) is 44.2 Å². The average molecular weight is 508 g/mol. The molecule has 0 aromatic heterocycles. The Hall–Kier alpha value is -3.51. The number of nitrogens with two attached hydrogens (primary N) is 2. The van der Waals surface area contributed by atoms with Crippen molar-refractivity contribution in [1.29, 1.82) is 0 Å². The van der Waals surface area contributed by atoms with Crippen LogP contribution in [0.3, 0.4) is 0 Å². The number of unbranched alkanes of at least 4 members (excludes halogenated alkanes) is 1. The van der Waals surface area contributed by atoms with Crippen molar-refractivity contribution in [2.24, 2.45) is 17.4 Å². The van der Waals surface area contributed by atoms with Gasteiger partial charge in [-0.25, -0.2) is 4.79 Å². The zero-order chi connectivity index (χ0) is 27.3. The van der Waals surface area contributed by atoms with Gasteiger partial charge in [-0.2, -0.15) is 0 Å². The Balaban J connectivity index is 3.03. The quantitative estimate of drug-likeness (QED) is 0.141. The van der Waals surface area contributed by atoms with E-state index in [2.05, 4.69) is 16.0 Å². The van der Waals surface area contributed by atoms with Crippen LogP contribution >= 0.6 is 0 Å². The second-order valence-electron chi connectivity index (χ2n) is 8.87. The molecule has 0 aliphatic heterocycles. The molecule has 0 aliphatic carbocycles. The molecule has 4 unspecified atom stereocenters. The number of rotatable bonds is 16. The first kappa shape index (κ1) is 30.5. The molecule has 0 bridgehead atoms. The Kier molecular flexibility index (Phi) is 13.1. The Morgan fingerprint density at radius 2 is 1.47 bits per heavy atom. The zero-order valence-corrected chi connectivity index (χ0v) is 20.6. The third kappa shape index (κ3) is 10.8. The smallest absolute Gasteiger partial charge is 0.326 e. The van der Waals surface area contributed by atoms with Crippen molar-refractivity contribution in [3.8, 4) is 0 Å². The highest BCUT2D eigenvalue weighted by molar-refractivity contribution is 5.95. The van der Waals surface area contributed by atoms with Gasteiger partial charge in [0.2, 0.25) is 17.7 Å². The van der Waals surface area contributed by atoms with Crippen LogP contribution in [0.15, 0.2) is 30.3 Å². The lowest BCUT2D eigenvalue weighted by Gasteiger charge is -2.27. The predicted molar refractivity (Wildman–Crippen MR) is 132 cm³/mol. The molecule has 1 rings (SSSR count). The molecule has 12 nitrogen and oxygen atoms in total. The number of carbonyl (C=O) groups excluding carboxylic acids is 3. The molecular weight excluding hydrogens is 470 g/mol. The number of carbonyl (C=O) groups is 5. The monoisotopic (exact) mass is 507 g/mol. The first-order chi connectivity index (χ1) is 17.0. The Labute approximate surface area is 210 Å². The highest BCUT2D eigenvalue weighted by Gasteiger charge is 2.32. The fraction of sp³-hybridized carbons (Fsp3) is 0.542. The lowest BCUT2D eigenvalue weighted by Crippen LogP contribution is -2.59. The lowest BCUT2D eigenvalue weighted by molar-refractivity contribution is -0.142. The van der Waals surface area contributed by atoms with Crippen molar-refractivity contribution in [2.75, 3.05) is 6.54 Å². The minimum Gasteiger partial charge on any atom is -0.481 e. The van der Waals surface area contributed by atoms with E-state index < -0.39 is 66.2 Å². The number of amides is 3. The fourth-order valence-electron chi connectivity index (χ4n) is 3.42. The summed E-state index contributed by atoms with van der Waals surface area (Å²) in [6, 6.07) is 4.02. The van der Waals surface area contributed by atoms with Gasteiger partial charge in [-0.1, -0.05) is 44.2 Å². The van der Waals surface area contributed by atoms with Gasteiger partial charge in [-0.3, -0.25) is 19.2 Å². The molecule has 1 aromatic carbocycles. The van der Waals surface area contributed by atoms with Gasteiger partial charge in [0.25, 0.3) is 0 Å². The standard InChI is InChI=1S/C24H37N5O7/c1-14(2)20(23(34)27-17(24(35)36)10-6-7-11-25)29-22(33)18(12-15-8-4-3-5-9-15)28-21(32)16(26)13-19(30)31/h3-5,8-9,14,16-18,20H,6-7,10-13,25-26H2,1-2H3,(H,27,34)(H,28,32)(H,29,33)(H,30,31)(H,35,36). The van der Waals surface area contributed by atoms with Gasteiger partial charge in [0.1, 0.15) is 18.1 Å². The normalized spacial score (nSPS) is 14.2. The van der Waals surface area contributed by atoms with Crippen molar-refractivity contribution < 1.29 is 34.2 Å². The molecule has 0 fully saturated rings. The van der Waals surface area contributed by atoms with Gasteiger partial charge in [0.05, 0.1) is 12.5 Å². The summed E-state index contributed by atoms with van der Waals surface area (Å²) in [5, 5.41) is 25.9. The molecule has 9 N–H and O–H groups in total. The summed E-state index contributed by atoms with van der Waals surface area (Å²) < 4.78 is 0. The average Bonchev–Trinajstić information content (AvgIpc) is 2.81. The summed E-state index contributed by atoms with van der Waals surface area (Å²) in [5.74, 6) is -5.07. The molecule has 0 aliphatic rings. The largest absolute Gasteiger partial charge is 0.481 e. The Morgan fingerprint density at radius 1 is 0.861 bits per heavy atom. The van der Waals surface area contributed by atoms with E-state index in [-0.39, 0.29) is 12.8 Å². The van der Waals surface area contributed by atoms with Crippen LogP contribution in [0, 0.1) is 5.92 Å². The van der Waals surface area contributed by atoms with Crippen LogP contribution in [0.2, 0.25) is 0 Å². The van der Waals surface area contributed by atoms with E-state index in [1.165, 1.54) is 0 Å². The van der Waals surface area contributed by atoms with Gasteiger partial charge in [0.15, 0.2) is 0 Å². The van der Waals surface area contributed by atoms with Crippen molar-refractivity contribution in [3.05, 3.63) is 35.9 Å². The second-order valence-corrected chi connectivity index (χ2v) is 8.87. The number of benzene rings is 1. The first-order valence-electron chi connectivity index (χ1n) is 11.8. The molecule has 0 saturated heterocycles. The van der Waals surface area contributed by atoms with Crippen LogP contribution in [-0.4, -0.2) is 70.6 Å². The molecule has 36 heavy (non-hydrogen) atoms. The van der Waals surface area contributed by atoms with Crippen LogP contribution in [0.25, 0.3) is 0 Å². The number of hydrogen-bond donors (Lipinski definition) is 7. The molecule has 0 radical (unpaired) electrons. The van der Waals surface area contributed by atoms with E-state index in [9.17, 15) is 29.1 Å². The van der Waals surface area contributed by atoms with Gasteiger partial charge < -0.3 is 37.6 Å². The lowest BCUT2D eigenvalue weighted by atomic mass is 10.00. The minimum atomic E-state index is -1.37. The zero-order valence-electron chi connectivity index (χ0n) is 20.6. The number of carboxylic acids is 2. The van der Waals surface area contributed by atoms with Crippen LogP contribution < -0.4 is 27.4 Å². The number of hydrogen-bond acceptors (Lipinski definition) is 7. The molecule has 4 atom stereocenters. The van der Waals surface area contributed by atoms with E-state index in [4.69, 9.17) is 16.6 Å². The number of aliphatic carboxylic acids is 2. The maximum atomic E-state index is 13.2. The molecule has 0 saturated carbocycles. The second kappa shape index (κ2) is 15.5. The van der Waals surface area contributed by atoms with E-state index in [0.29, 0.717) is 24.9 Å². The highest BCUT2D eigenvalue weighted by atomic mass is 16.4. The summed E-state index contributed by atoms with van der Waals surface area (Å²) in [5.41, 5.74) is 11.8. The third-order valence-corrected chi connectivity index (χ3v) is 5.46. The summed E-state index contributed by atoms with van der Waals surface area (Å²) in [6.45, 7) is 3.76. The van der Waals surface area contributed by atoms with Gasteiger partial charge in [-0.05, 0) is 37.3 Å². The molecular formula is C24H37N5O7. The number of nitrogens with one attached hydrogen (secondary N) is 3. The van der Waals surface area contributed by atoms with Crippen LogP contribution in [0.1, 0.15) is 45.1 Å². The molecule has 1 aromatic rings. The topological polar surface area (TPSA) is 214 Å². The van der Waals surface area contributed by atoms with E-state index in [0.717, 1.165) is 0 Å². The van der Waals surface area contributed by atoms with Crippen molar-refractivity contribution in [3.63, 3.8) is 0 Å². The summed E-state index contributed by atoms with van der Waals surface area (Å²) in [7, 11) is 0. The van der Waals surface area contributed by atoms with Gasteiger partial charge >= 0.3 is 11.9 Å². The van der Waals surface area contributed by atoms with Crippen molar-refractivity contribution in [2.45, 2.75) is 70.1 Å². The predicted octanol–water partition coefficient (Wildman–Crippen LogP) is -0.645. The van der Waals surface area contributed by atoms with E-state index >= 15 is 0 Å². The summed E-state index contributed by atoms with van der Waals surface area (Å²) in [4.78, 5) is 61.0. The fourth-order valence-corrected chi connectivity index (χ4v) is 3.42. The van der Waals surface area contributed by atoms with Crippen molar-refractivity contribution in [1.82, 2.24) is 16.0 Å². The van der Waals surface area contributed by atoms with Crippen molar-refractivity contribution >= 4 is 29.7 Å². The molecule has 200 valence electrons. The molecule has 12 heteroatoms. The molecule has 3 amide bonds. The van der Waals surface area contributed by atoms with Crippen LogP contribution in [0.5, 0.6) is 0 Å². The summed E-state index contributed by atoms with van der Waals surface area (Å²) in [6.07, 6.45) is 0.735. The van der Waals surface area contributed by atoms with Crippen LogP contribution in [0.4, 0.5) is 0 Å². The highest BCUT2D eigenvalue weighted by Crippen LogP contribution is 2.09. The third-order valence-electron chi connectivity index (χ3n) is 5.46. The molecule has 0 heterocycles. The maximum absolute atomic E-state index is 13.2. The van der Waals surface area contributed by atoms with E-state index in [1.807, 2.05) is 0 Å². The Bertz CT molecular complexity index is 894. The Morgan fingerprint density at radius 3 is 2.00 bits per heavy atom. The number of carboxylic acid groups (broad SMARTS) is 2. The van der Waals surface area contributed by atoms with Gasteiger partial charge in [-0.15, -0.1) is 0 Å². The summed E-state index contributed by atoms with van der Waals surface area (Å²) >= 11 is 0. The minimum absolute atomic E-state index is 0.0570. The van der Waals surface area contributed by atoms with Crippen LogP contribution in [-0.2, 0) is 30.4 Å².